The van der Waals surface area contributed by atoms with Crippen molar-refractivity contribution in [3.05, 3.63) is 52.8 Å². The monoisotopic (exact) mass is 325 g/mol. The first-order valence-corrected chi connectivity index (χ1v) is 8.46. The van der Waals surface area contributed by atoms with E-state index >= 15 is 0 Å². The Bertz CT molecular complexity index is 775. The van der Waals surface area contributed by atoms with Crippen LogP contribution in [-0.4, -0.2) is 21.7 Å². The van der Waals surface area contributed by atoms with E-state index in [1.165, 1.54) is 10.7 Å². The zero-order chi connectivity index (χ0) is 17.2. The molecule has 1 fully saturated rings. The first-order valence-electron chi connectivity index (χ1n) is 8.46. The maximum Gasteiger partial charge on any atom is 0.267 e. The third-order valence-corrected chi connectivity index (χ3v) is 4.65. The zero-order valence-electron chi connectivity index (χ0n) is 14.2. The van der Waals surface area contributed by atoms with E-state index in [4.69, 9.17) is 0 Å². The average Bonchev–Trinajstić information content (AvgIpc) is 3.09. The topological polar surface area (TPSA) is 64.0 Å². The predicted octanol–water partition coefficient (Wildman–Crippen LogP) is 2.70. The van der Waals surface area contributed by atoms with Crippen LogP contribution in [0.3, 0.4) is 0 Å². The van der Waals surface area contributed by atoms with Crippen LogP contribution in [0, 0.1) is 0 Å². The van der Waals surface area contributed by atoms with Gasteiger partial charge < -0.3 is 5.32 Å². The lowest BCUT2D eigenvalue weighted by atomic mass is 10.0. The van der Waals surface area contributed by atoms with Crippen LogP contribution >= 0.6 is 0 Å². The third-order valence-electron chi connectivity index (χ3n) is 4.65. The minimum atomic E-state index is -1.04. The summed E-state index contributed by atoms with van der Waals surface area (Å²) in [5.41, 5.74) is 0.279. The summed E-state index contributed by atoms with van der Waals surface area (Å²) in [7, 11) is 0. The van der Waals surface area contributed by atoms with E-state index in [1.807, 2.05) is 30.3 Å². The number of nitrogens with one attached hydrogen (secondary N) is 1. The van der Waals surface area contributed by atoms with Gasteiger partial charge in [-0.3, -0.25) is 9.59 Å². The molecular formula is C19H23N3O2. The van der Waals surface area contributed by atoms with Gasteiger partial charge in [-0.15, -0.1) is 0 Å². The van der Waals surface area contributed by atoms with Gasteiger partial charge in [0.15, 0.2) is 0 Å². The summed E-state index contributed by atoms with van der Waals surface area (Å²) in [5, 5.41) is 7.52. The molecule has 0 bridgehead atoms. The lowest BCUT2D eigenvalue weighted by molar-refractivity contribution is -0.129. The second-order valence-corrected chi connectivity index (χ2v) is 6.85. The Hall–Kier alpha value is -2.43. The van der Waals surface area contributed by atoms with Crippen molar-refractivity contribution in [3.8, 4) is 11.3 Å². The molecule has 1 aromatic carbocycles. The van der Waals surface area contributed by atoms with Crippen LogP contribution in [0.1, 0.15) is 39.5 Å². The van der Waals surface area contributed by atoms with Gasteiger partial charge in [-0.25, -0.2) is 4.68 Å². The van der Waals surface area contributed by atoms with Crippen LogP contribution in [0.15, 0.2) is 47.3 Å². The number of amides is 1. The van der Waals surface area contributed by atoms with Crippen molar-refractivity contribution in [2.45, 2.75) is 51.1 Å². The fourth-order valence-corrected chi connectivity index (χ4v) is 3.10. The minimum Gasteiger partial charge on any atom is -0.351 e. The number of benzene rings is 1. The minimum absolute atomic E-state index is 0.158. The molecule has 0 saturated heterocycles. The largest absolute Gasteiger partial charge is 0.351 e. The number of aromatic nitrogens is 2. The molecular weight excluding hydrogens is 302 g/mol. The third kappa shape index (κ3) is 3.25. The van der Waals surface area contributed by atoms with Crippen LogP contribution in [0.4, 0.5) is 0 Å². The van der Waals surface area contributed by atoms with Crippen LogP contribution in [0.25, 0.3) is 11.3 Å². The molecule has 0 spiro atoms. The molecule has 1 aliphatic rings. The van der Waals surface area contributed by atoms with Crippen LogP contribution in [0.2, 0.25) is 0 Å². The summed E-state index contributed by atoms with van der Waals surface area (Å²) in [5.74, 6) is -0.158. The molecule has 0 radical (unpaired) electrons. The van der Waals surface area contributed by atoms with Gasteiger partial charge in [-0.1, -0.05) is 43.2 Å². The first-order chi connectivity index (χ1) is 11.5. The quantitative estimate of drug-likeness (QED) is 0.940. The fourth-order valence-electron chi connectivity index (χ4n) is 3.10. The molecule has 1 heterocycles. The van der Waals surface area contributed by atoms with Crippen LogP contribution in [-0.2, 0) is 10.3 Å². The van der Waals surface area contributed by atoms with E-state index in [-0.39, 0.29) is 17.5 Å². The zero-order valence-corrected chi connectivity index (χ0v) is 14.2. The standard InChI is InChI=1S/C19H23N3O2/c1-19(2,18(24)20-15-10-6-7-11-15)22-17(23)13-12-16(21-22)14-8-4-3-5-9-14/h3-5,8-9,12-13,15H,6-7,10-11H2,1-2H3,(H,20,24). The number of nitrogens with zero attached hydrogens (tertiary/aromatic N) is 2. The maximum absolute atomic E-state index is 12.7. The second-order valence-electron chi connectivity index (χ2n) is 6.85. The van der Waals surface area contributed by atoms with Crippen molar-refractivity contribution >= 4 is 5.91 Å². The second kappa shape index (κ2) is 6.59. The summed E-state index contributed by atoms with van der Waals surface area (Å²) in [6.07, 6.45) is 4.31. The number of hydrogen-bond acceptors (Lipinski definition) is 3. The van der Waals surface area contributed by atoms with E-state index in [0.717, 1.165) is 31.2 Å². The van der Waals surface area contributed by atoms with Gasteiger partial charge in [0, 0.05) is 17.7 Å². The number of carbonyl (C=O) groups is 1. The molecule has 0 aliphatic heterocycles. The Morgan fingerprint density at radius 3 is 2.46 bits per heavy atom. The predicted molar refractivity (Wildman–Crippen MR) is 93.7 cm³/mol. The average molecular weight is 325 g/mol. The molecule has 24 heavy (non-hydrogen) atoms. The molecule has 1 saturated carbocycles. The van der Waals surface area contributed by atoms with E-state index < -0.39 is 5.54 Å². The molecule has 1 amide bonds. The molecule has 3 rings (SSSR count). The van der Waals surface area contributed by atoms with Gasteiger partial charge in [0.05, 0.1) is 5.69 Å². The molecule has 1 aliphatic carbocycles. The van der Waals surface area contributed by atoms with E-state index in [0.29, 0.717) is 5.69 Å². The van der Waals surface area contributed by atoms with E-state index in [1.54, 1.807) is 19.9 Å². The number of hydrogen-bond donors (Lipinski definition) is 1. The number of carbonyl (C=O) groups excluding carboxylic acids is 1. The van der Waals surface area contributed by atoms with Gasteiger partial charge in [0.25, 0.3) is 5.56 Å². The summed E-state index contributed by atoms with van der Waals surface area (Å²) in [6, 6.07) is 13.0. The van der Waals surface area contributed by atoms with E-state index in [2.05, 4.69) is 10.4 Å². The fraction of sp³-hybridized carbons (Fsp3) is 0.421. The Labute approximate surface area is 141 Å². The Morgan fingerprint density at radius 1 is 1.12 bits per heavy atom. The lowest BCUT2D eigenvalue weighted by Gasteiger charge is -2.27. The molecule has 1 N–H and O–H groups in total. The summed E-state index contributed by atoms with van der Waals surface area (Å²) < 4.78 is 1.29. The van der Waals surface area contributed by atoms with Crippen LogP contribution < -0.4 is 10.9 Å². The Morgan fingerprint density at radius 2 is 1.79 bits per heavy atom. The highest BCUT2D eigenvalue weighted by Crippen LogP contribution is 2.21. The maximum atomic E-state index is 12.7. The van der Waals surface area contributed by atoms with Crippen molar-refractivity contribution in [3.63, 3.8) is 0 Å². The van der Waals surface area contributed by atoms with Gasteiger partial charge in [-0.05, 0) is 32.8 Å². The Kier molecular flexibility index (Phi) is 4.51. The van der Waals surface area contributed by atoms with Crippen molar-refractivity contribution in [1.29, 1.82) is 0 Å². The molecule has 126 valence electrons. The molecule has 0 atom stereocenters. The summed E-state index contributed by atoms with van der Waals surface area (Å²) in [6.45, 7) is 3.47. The van der Waals surface area contributed by atoms with Gasteiger partial charge in [0.2, 0.25) is 5.91 Å². The smallest absolute Gasteiger partial charge is 0.267 e. The van der Waals surface area contributed by atoms with Gasteiger partial charge in [-0.2, -0.15) is 5.10 Å². The lowest BCUT2D eigenvalue weighted by Crippen LogP contribution is -2.51. The molecule has 0 unspecified atom stereocenters. The highest BCUT2D eigenvalue weighted by Gasteiger charge is 2.34. The highest BCUT2D eigenvalue weighted by atomic mass is 16.2. The molecule has 5 nitrogen and oxygen atoms in total. The summed E-state index contributed by atoms with van der Waals surface area (Å²) >= 11 is 0. The van der Waals surface area contributed by atoms with Gasteiger partial charge in [0.1, 0.15) is 5.54 Å². The summed E-state index contributed by atoms with van der Waals surface area (Å²) in [4.78, 5) is 25.0. The van der Waals surface area contributed by atoms with Crippen LogP contribution in [0.5, 0.6) is 0 Å². The van der Waals surface area contributed by atoms with Gasteiger partial charge >= 0.3 is 0 Å². The van der Waals surface area contributed by atoms with Crippen molar-refractivity contribution in [1.82, 2.24) is 15.1 Å². The first kappa shape index (κ1) is 16.4. The van der Waals surface area contributed by atoms with Crippen molar-refractivity contribution in [2.75, 3.05) is 0 Å². The molecule has 5 heteroatoms. The van der Waals surface area contributed by atoms with Crippen molar-refractivity contribution in [2.24, 2.45) is 0 Å². The van der Waals surface area contributed by atoms with Crippen molar-refractivity contribution < 1.29 is 4.79 Å². The Balaban J connectivity index is 1.91. The highest BCUT2D eigenvalue weighted by molar-refractivity contribution is 5.83. The van der Waals surface area contributed by atoms with E-state index in [9.17, 15) is 9.59 Å². The SMILES string of the molecule is CC(C)(C(=O)NC1CCCC1)n1nc(-c2ccccc2)ccc1=O. The number of rotatable bonds is 4. The normalized spacial score (nSPS) is 15.4. The molecule has 1 aromatic heterocycles. The molecule has 2 aromatic rings.